The molecular weight excluding hydrogens is 270 g/mol. The van der Waals surface area contributed by atoms with Gasteiger partial charge in [-0.3, -0.25) is 5.32 Å². The third kappa shape index (κ3) is 3.12. The van der Waals surface area contributed by atoms with E-state index < -0.39 is 0 Å². The molecule has 0 saturated heterocycles. The summed E-state index contributed by atoms with van der Waals surface area (Å²) in [7, 11) is 1.60. The van der Waals surface area contributed by atoms with Crippen molar-refractivity contribution in [1.82, 2.24) is 15.5 Å². The Hall–Kier alpha value is -2.18. The first-order valence-corrected chi connectivity index (χ1v) is 6.78. The van der Waals surface area contributed by atoms with Gasteiger partial charge in [0.2, 0.25) is 5.89 Å². The first-order chi connectivity index (χ1) is 10.3. The Morgan fingerprint density at radius 2 is 2.19 bits per heavy atom. The first-order valence-electron chi connectivity index (χ1n) is 6.78. The van der Waals surface area contributed by atoms with Gasteiger partial charge in [0.1, 0.15) is 18.0 Å². The van der Waals surface area contributed by atoms with Gasteiger partial charge in [0.15, 0.2) is 5.82 Å². The van der Waals surface area contributed by atoms with Crippen LogP contribution in [0.15, 0.2) is 39.3 Å². The van der Waals surface area contributed by atoms with Crippen LogP contribution in [0.5, 0.6) is 0 Å². The summed E-state index contributed by atoms with van der Waals surface area (Å²) >= 11 is 0. The lowest BCUT2D eigenvalue weighted by Crippen LogP contribution is -2.17. The minimum absolute atomic E-state index is 0.0511. The molecule has 110 valence electrons. The minimum Gasteiger partial charge on any atom is -0.459 e. The van der Waals surface area contributed by atoms with E-state index in [1.165, 1.54) is 0 Å². The van der Waals surface area contributed by atoms with Gasteiger partial charge in [-0.15, -0.1) is 0 Å². The van der Waals surface area contributed by atoms with Gasteiger partial charge in [0.25, 0.3) is 0 Å². The molecule has 1 N–H and O–H groups in total. The first kappa shape index (κ1) is 13.8. The molecule has 6 heteroatoms. The van der Waals surface area contributed by atoms with Crippen LogP contribution in [-0.4, -0.2) is 17.3 Å². The van der Waals surface area contributed by atoms with Crippen LogP contribution in [0.2, 0.25) is 0 Å². The fourth-order valence-electron chi connectivity index (χ4n) is 2.11. The molecule has 0 fully saturated rings. The molecule has 2 heterocycles. The minimum atomic E-state index is 0.0511. The highest BCUT2D eigenvalue weighted by atomic mass is 16.5. The standard InChI is InChI=1S/C15H17N3O3/c1-10(13-7-11-5-3-4-6-12(11)20-13)16-8-15-17-14(9-19-2)18-21-15/h3-7,10,16H,8-9H2,1-2H3/t10-/m1/s1. The number of benzene rings is 1. The predicted molar refractivity (Wildman–Crippen MR) is 76.5 cm³/mol. The lowest BCUT2D eigenvalue weighted by molar-refractivity contribution is 0.174. The van der Waals surface area contributed by atoms with E-state index >= 15 is 0 Å². The maximum Gasteiger partial charge on any atom is 0.240 e. The molecule has 2 aromatic heterocycles. The Balaban J connectivity index is 1.63. The van der Waals surface area contributed by atoms with E-state index in [2.05, 4.69) is 15.5 Å². The average Bonchev–Trinajstić information content (AvgIpc) is 3.11. The highest BCUT2D eigenvalue weighted by molar-refractivity contribution is 5.77. The summed E-state index contributed by atoms with van der Waals surface area (Å²) < 4.78 is 15.9. The molecule has 0 unspecified atom stereocenters. The highest BCUT2D eigenvalue weighted by Gasteiger charge is 2.13. The van der Waals surface area contributed by atoms with Crippen molar-refractivity contribution < 1.29 is 13.7 Å². The molecule has 3 aromatic rings. The lowest BCUT2D eigenvalue weighted by Gasteiger charge is -2.08. The maximum absolute atomic E-state index is 5.81. The Morgan fingerprint density at radius 3 is 3.00 bits per heavy atom. The lowest BCUT2D eigenvalue weighted by atomic mass is 10.2. The molecule has 0 amide bonds. The number of hydrogen-bond donors (Lipinski definition) is 1. The van der Waals surface area contributed by atoms with Crippen LogP contribution in [0.3, 0.4) is 0 Å². The molecule has 0 spiro atoms. The number of furan rings is 1. The summed E-state index contributed by atoms with van der Waals surface area (Å²) in [4.78, 5) is 4.21. The van der Waals surface area contributed by atoms with Crippen molar-refractivity contribution in [2.45, 2.75) is 26.1 Å². The van der Waals surface area contributed by atoms with E-state index in [1.807, 2.05) is 37.3 Å². The second-order valence-corrected chi connectivity index (χ2v) is 4.83. The number of hydrogen-bond acceptors (Lipinski definition) is 6. The highest BCUT2D eigenvalue weighted by Crippen LogP contribution is 2.23. The molecule has 0 saturated carbocycles. The van der Waals surface area contributed by atoms with Crippen LogP contribution < -0.4 is 5.32 Å². The van der Waals surface area contributed by atoms with Crippen molar-refractivity contribution in [2.75, 3.05) is 7.11 Å². The topological polar surface area (TPSA) is 73.3 Å². The Morgan fingerprint density at radius 1 is 1.33 bits per heavy atom. The van der Waals surface area contributed by atoms with Crippen LogP contribution >= 0.6 is 0 Å². The number of nitrogens with zero attached hydrogens (tertiary/aromatic N) is 2. The molecule has 21 heavy (non-hydrogen) atoms. The fourth-order valence-corrected chi connectivity index (χ4v) is 2.11. The Bertz CT molecular complexity index is 687. The molecule has 0 aliphatic carbocycles. The summed E-state index contributed by atoms with van der Waals surface area (Å²) in [5.41, 5.74) is 0.890. The molecule has 1 atom stereocenters. The van der Waals surface area contributed by atoms with Crippen molar-refractivity contribution in [3.8, 4) is 0 Å². The van der Waals surface area contributed by atoms with E-state index in [9.17, 15) is 0 Å². The van der Waals surface area contributed by atoms with E-state index in [0.717, 1.165) is 16.7 Å². The smallest absolute Gasteiger partial charge is 0.240 e. The zero-order chi connectivity index (χ0) is 14.7. The van der Waals surface area contributed by atoms with Gasteiger partial charge in [-0.1, -0.05) is 23.4 Å². The number of methoxy groups -OCH3 is 1. The van der Waals surface area contributed by atoms with Crippen LogP contribution in [0.1, 0.15) is 30.4 Å². The van der Waals surface area contributed by atoms with Crippen molar-refractivity contribution >= 4 is 11.0 Å². The normalized spacial score (nSPS) is 12.9. The quantitative estimate of drug-likeness (QED) is 0.751. The summed E-state index contributed by atoms with van der Waals surface area (Å²) in [6, 6.07) is 10.0. The van der Waals surface area contributed by atoms with Gasteiger partial charge < -0.3 is 13.7 Å². The SMILES string of the molecule is COCc1noc(CN[C@H](C)c2cc3ccccc3o2)n1. The average molecular weight is 287 g/mol. The van der Waals surface area contributed by atoms with Crippen LogP contribution in [0.25, 0.3) is 11.0 Å². The number of para-hydroxylation sites is 1. The third-order valence-corrected chi connectivity index (χ3v) is 3.21. The van der Waals surface area contributed by atoms with E-state index in [0.29, 0.717) is 24.9 Å². The zero-order valence-electron chi connectivity index (χ0n) is 12.0. The van der Waals surface area contributed by atoms with Crippen LogP contribution in [0.4, 0.5) is 0 Å². The largest absolute Gasteiger partial charge is 0.459 e. The Labute approximate surface area is 122 Å². The summed E-state index contributed by atoms with van der Waals surface area (Å²) in [5.74, 6) is 1.96. The molecule has 6 nitrogen and oxygen atoms in total. The van der Waals surface area contributed by atoms with E-state index in [-0.39, 0.29) is 6.04 Å². The molecule has 0 aliphatic rings. The number of nitrogens with one attached hydrogen (secondary N) is 1. The maximum atomic E-state index is 5.81. The number of aromatic nitrogens is 2. The Kier molecular flexibility index (Phi) is 3.98. The molecule has 3 rings (SSSR count). The summed E-state index contributed by atoms with van der Waals surface area (Å²) in [6.45, 7) is 2.86. The summed E-state index contributed by atoms with van der Waals surface area (Å²) in [6.07, 6.45) is 0. The van der Waals surface area contributed by atoms with Gasteiger partial charge in [-0.2, -0.15) is 4.98 Å². The van der Waals surface area contributed by atoms with Gasteiger partial charge in [0.05, 0.1) is 12.6 Å². The monoisotopic (exact) mass is 287 g/mol. The summed E-state index contributed by atoms with van der Waals surface area (Å²) in [5, 5.41) is 8.22. The van der Waals surface area contributed by atoms with Crippen molar-refractivity contribution in [1.29, 1.82) is 0 Å². The van der Waals surface area contributed by atoms with Gasteiger partial charge in [-0.25, -0.2) is 0 Å². The molecular formula is C15H17N3O3. The predicted octanol–water partition coefficient (Wildman–Crippen LogP) is 2.81. The number of rotatable bonds is 6. The van der Waals surface area contributed by atoms with Gasteiger partial charge in [0, 0.05) is 12.5 Å². The zero-order valence-corrected chi connectivity index (χ0v) is 12.0. The molecule has 1 aromatic carbocycles. The van der Waals surface area contributed by atoms with E-state index in [1.54, 1.807) is 7.11 Å². The number of ether oxygens (including phenoxy) is 1. The molecule has 0 aliphatic heterocycles. The molecule has 0 radical (unpaired) electrons. The molecule has 0 bridgehead atoms. The second-order valence-electron chi connectivity index (χ2n) is 4.83. The van der Waals surface area contributed by atoms with Crippen molar-refractivity contribution in [2.24, 2.45) is 0 Å². The van der Waals surface area contributed by atoms with Crippen molar-refractivity contribution in [3.63, 3.8) is 0 Å². The van der Waals surface area contributed by atoms with Gasteiger partial charge in [-0.05, 0) is 19.1 Å². The van der Waals surface area contributed by atoms with Gasteiger partial charge >= 0.3 is 0 Å². The van der Waals surface area contributed by atoms with Crippen molar-refractivity contribution in [3.05, 3.63) is 47.8 Å². The fraction of sp³-hybridized carbons (Fsp3) is 0.333. The van der Waals surface area contributed by atoms with Crippen LogP contribution in [0, 0.1) is 0 Å². The van der Waals surface area contributed by atoms with E-state index in [4.69, 9.17) is 13.7 Å². The second kappa shape index (κ2) is 6.07. The van der Waals surface area contributed by atoms with Crippen LogP contribution in [-0.2, 0) is 17.9 Å². The third-order valence-electron chi connectivity index (χ3n) is 3.21. The number of fused-ring (bicyclic) bond motifs is 1.